The molecule has 0 aromatic carbocycles. The van der Waals surface area contributed by atoms with E-state index in [0.717, 1.165) is 0 Å². The number of imide groups is 1. The average Bonchev–Trinajstić information content (AvgIpc) is 3.96. The van der Waals surface area contributed by atoms with E-state index < -0.39 is 100 Å². The number of carbonyl (C=O) groups is 5. The normalized spacial score (nSPS) is 29.4. The molecule has 28 nitrogen and oxygen atoms in total. The van der Waals surface area contributed by atoms with Gasteiger partial charge in [-0.2, -0.15) is 0 Å². The second kappa shape index (κ2) is 34.7. The minimum absolute atomic E-state index is 0. The van der Waals surface area contributed by atoms with Gasteiger partial charge in [0.2, 0.25) is 28.1 Å². The van der Waals surface area contributed by atoms with E-state index in [2.05, 4.69) is 17.2 Å². The molecule has 0 spiro atoms. The Balaban J connectivity index is 0.00000397. The molecule has 0 radical (unpaired) electrons. The van der Waals surface area contributed by atoms with Gasteiger partial charge in [-0.3, -0.25) is 23.8 Å². The summed E-state index contributed by atoms with van der Waals surface area (Å²) < 4.78 is 107. The van der Waals surface area contributed by atoms with Crippen molar-refractivity contribution in [1.82, 2.24) is 24.8 Å². The van der Waals surface area contributed by atoms with E-state index in [4.69, 9.17) is 64.3 Å². The Kier molecular flexibility index (Phi) is 34.2. The molecular weight excluding hydrogens is 1060 g/mol. The molecule has 5 heterocycles. The number of alkyl halides is 1. The second-order valence-corrected chi connectivity index (χ2v) is 17.7. The van der Waals surface area contributed by atoms with E-state index in [0.29, 0.717) is 50.9 Å². The van der Waals surface area contributed by atoms with Crippen molar-refractivity contribution in [3.8, 4) is 0 Å². The van der Waals surface area contributed by atoms with Crippen LogP contribution in [0.25, 0.3) is 5.73 Å². The van der Waals surface area contributed by atoms with Crippen molar-refractivity contribution in [2.45, 2.75) is 152 Å². The Morgan fingerprint density at radius 3 is 2.01 bits per heavy atom. The predicted octanol–water partition coefficient (Wildman–Crippen LogP) is -12.4. The first-order valence-electron chi connectivity index (χ1n) is 22.0. The van der Waals surface area contributed by atoms with Gasteiger partial charge in [-0.15, -0.1) is 17.7 Å². The summed E-state index contributed by atoms with van der Waals surface area (Å²) in [6, 6.07) is -1.64. The van der Waals surface area contributed by atoms with Gasteiger partial charge in [0.05, 0.1) is 81.3 Å². The van der Waals surface area contributed by atoms with E-state index in [1.54, 1.807) is 11.1 Å². The van der Waals surface area contributed by atoms with Crippen molar-refractivity contribution in [3.05, 3.63) is 24.5 Å². The fourth-order valence-corrected chi connectivity index (χ4v) is 8.05. The van der Waals surface area contributed by atoms with Gasteiger partial charge in [0, 0.05) is 25.9 Å². The molecule has 14 atom stereocenters. The van der Waals surface area contributed by atoms with Crippen molar-refractivity contribution in [3.63, 3.8) is 0 Å². The number of carboxylic acids is 1. The third kappa shape index (κ3) is 22.7. The zero-order chi connectivity index (χ0) is 52.6. The van der Waals surface area contributed by atoms with Gasteiger partial charge < -0.3 is 80.5 Å². The molecule has 1 aromatic heterocycles. The monoisotopic (exact) mass is 1120 g/mol. The second-order valence-electron chi connectivity index (χ2n) is 16.4. The Labute approximate surface area is 488 Å². The fraction of sp³-hybridized carbons (Fsp3) is 0.795. The largest absolute Gasteiger partial charge is 1.00 e. The molecule has 34 heteroatoms. The summed E-state index contributed by atoms with van der Waals surface area (Å²) in [5.74, 6) is -3.42. The van der Waals surface area contributed by atoms with Gasteiger partial charge in [-0.1, -0.05) is 25.1 Å². The topological polar surface area (TPSA) is 414 Å². The summed E-state index contributed by atoms with van der Waals surface area (Å²) >= 11 is 0. The van der Waals surface area contributed by atoms with Crippen LogP contribution in [0.1, 0.15) is 71.4 Å². The SMILES string of the molecule is O=S(=O)([O-])O.O=S(=O)=O.[CH2-]C1O[C@H](O[C@@H]2C(C(=O)[O-])O[C@@H](OCCOCCn3cc(CN(CCCCCN4C(=O)[C@@H]5[C@H](C4=O)[C@H](CC)O[C@@H]5CC)C(=O)CCC(C)=O)nn3)C(F)[C@H]2O)C([NH-])[C@@H](O)[C@@H]1O.[Na+].[Na+].[Na+]. The summed E-state index contributed by atoms with van der Waals surface area (Å²) in [6.07, 6.45) is -12.1. The molecule has 5 N–H and O–H groups in total. The summed E-state index contributed by atoms with van der Waals surface area (Å²) in [7, 11) is -8.03. The zero-order valence-corrected chi connectivity index (χ0v) is 49.0. The number of aliphatic hydroxyl groups is 3. The van der Waals surface area contributed by atoms with Crippen LogP contribution in [0.4, 0.5) is 4.39 Å². The van der Waals surface area contributed by atoms with E-state index in [1.165, 1.54) is 16.5 Å². The fourth-order valence-electron chi connectivity index (χ4n) is 8.05. The number of aliphatic carboxylic acids is 1. The zero-order valence-electron chi connectivity index (χ0n) is 41.3. The third-order valence-corrected chi connectivity index (χ3v) is 11.4. The number of carboxylic acid groups (broad SMARTS) is 1. The molecule has 4 fully saturated rings. The molecule has 3 amide bonds. The molecular formula is C39H59FN6Na3O22S2-. The van der Waals surface area contributed by atoms with Crippen molar-refractivity contribution < 1.29 is 196 Å². The molecule has 4 aliphatic heterocycles. The van der Waals surface area contributed by atoms with Gasteiger partial charge in [0.1, 0.15) is 36.1 Å². The molecule has 73 heavy (non-hydrogen) atoms. The Bertz CT molecular complexity index is 2100. The van der Waals surface area contributed by atoms with E-state index in [9.17, 15) is 44.4 Å². The minimum atomic E-state index is -4.92. The van der Waals surface area contributed by atoms with Gasteiger partial charge >= 0.3 is 99.3 Å². The molecule has 4 saturated heterocycles. The maximum absolute atomic E-state index is 15.2. The number of ketones is 1. The van der Waals surface area contributed by atoms with Gasteiger partial charge in [0.15, 0.2) is 12.5 Å². The third-order valence-electron chi connectivity index (χ3n) is 11.4. The van der Waals surface area contributed by atoms with Crippen molar-refractivity contribution in [1.29, 1.82) is 0 Å². The van der Waals surface area contributed by atoms with E-state index >= 15 is 4.39 Å². The number of ether oxygens (including phenoxy) is 6. The number of amides is 3. The number of rotatable bonds is 23. The van der Waals surface area contributed by atoms with E-state index in [1.807, 2.05) is 13.8 Å². The van der Waals surface area contributed by atoms with Crippen LogP contribution in [0.5, 0.6) is 0 Å². The number of hydrogen-bond acceptors (Lipinski definition) is 23. The first kappa shape index (κ1) is 71.9. The maximum atomic E-state index is 15.2. The quantitative estimate of drug-likeness (QED) is 0.0197. The van der Waals surface area contributed by atoms with Crippen LogP contribution in [0.2, 0.25) is 0 Å². The Morgan fingerprint density at radius 2 is 1.48 bits per heavy atom. The average molecular weight is 1120 g/mol. The number of halogens is 1. The molecule has 4 aliphatic rings. The number of fused-ring (bicyclic) bond motifs is 1. The first-order chi connectivity index (χ1) is 32.8. The van der Waals surface area contributed by atoms with Crippen molar-refractivity contribution >= 4 is 50.5 Å². The molecule has 4 unspecified atom stereocenters. The van der Waals surface area contributed by atoms with Gasteiger partial charge in [-0.05, 0) is 45.1 Å². The van der Waals surface area contributed by atoms with Crippen molar-refractivity contribution in [2.75, 3.05) is 32.9 Å². The van der Waals surface area contributed by atoms with Gasteiger partial charge in [0.25, 0.3) is 0 Å². The Hall–Kier alpha value is -1.09. The van der Waals surface area contributed by atoms with Crippen LogP contribution in [0, 0.1) is 18.8 Å². The number of nitrogens with zero attached hydrogens (tertiary/aromatic N) is 5. The number of unbranched alkanes of at least 4 members (excludes halogenated alkanes) is 2. The predicted molar refractivity (Wildman–Crippen MR) is 225 cm³/mol. The van der Waals surface area contributed by atoms with Crippen LogP contribution >= 0.6 is 0 Å². The molecule has 1 aromatic rings. The van der Waals surface area contributed by atoms with Crippen molar-refractivity contribution in [2.24, 2.45) is 11.8 Å². The van der Waals surface area contributed by atoms with E-state index in [-0.39, 0.29) is 170 Å². The number of aromatic nitrogens is 3. The van der Waals surface area contributed by atoms with Crippen LogP contribution < -0.4 is 93.8 Å². The molecule has 0 aliphatic carbocycles. The molecule has 0 saturated carbocycles. The molecule has 400 valence electrons. The number of likely N-dealkylation sites (tertiary alicyclic amines) is 1. The van der Waals surface area contributed by atoms with Gasteiger partial charge in [-0.25, -0.2) is 17.5 Å². The first-order valence-corrected chi connectivity index (χ1v) is 24.4. The number of carbonyl (C=O) groups excluding carboxylic acids is 5. The number of aliphatic hydroxyl groups excluding tert-OH is 3. The van der Waals surface area contributed by atoms with Crippen LogP contribution in [0.15, 0.2) is 6.20 Å². The smallest absolute Gasteiger partial charge is 0.726 e. The summed E-state index contributed by atoms with van der Waals surface area (Å²) in [5.41, 5.74) is 8.49. The summed E-state index contributed by atoms with van der Waals surface area (Å²) in [6.45, 7) is 9.51. The summed E-state index contributed by atoms with van der Waals surface area (Å²) in [5, 5.41) is 50.6. The van der Waals surface area contributed by atoms with Crippen LogP contribution in [-0.4, -0.2) is 206 Å². The minimum Gasteiger partial charge on any atom is -0.726 e. The molecule has 0 bridgehead atoms. The molecule has 5 rings (SSSR count). The number of Topliss-reactive ketones (excluding diaryl/α,β-unsaturated/α-hetero) is 1. The Morgan fingerprint density at radius 1 is 0.904 bits per heavy atom. The number of nitrogens with one attached hydrogen (secondary N) is 1. The van der Waals surface area contributed by atoms with Crippen LogP contribution in [0.3, 0.4) is 0 Å². The maximum Gasteiger partial charge on any atom is 1.00 e. The summed E-state index contributed by atoms with van der Waals surface area (Å²) in [4.78, 5) is 65.9. The van der Waals surface area contributed by atoms with Crippen LogP contribution in [-0.2, 0) is 86.5 Å². The number of hydrogen-bond donors (Lipinski definition) is 4. The standard InChI is InChI=1S/C39H59FN6O15.3Na.H2O4S.O3S/c1-5-23-26-27(24(6-2)59-23)36(53)46(35(26)52)13-9-7-8-12-44(25(48)11-10-20(3)47)18-22-19-45(43-42-22)14-15-56-16-17-57-38-28(40)31(50)33(34(61-38)37(54)55)60-39-29(41)32(51)30(49)21(4)58-39;;;;1-5(2,3)4;1-4(2)3/h19,21,23-24,26-34,38-39,41,49-51H,4-18H2,1-3H3,(H,54,55);;;;(H2,1,2,3,4);/q-2;3*+1;;/p-2/t21?,23-,24+,26+,27-,28?,29?,30-,31-,32-,33+,34?,38-,39-;;;;;/m1...../s1.